The lowest BCUT2D eigenvalue weighted by molar-refractivity contribution is 0.175. The summed E-state index contributed by atoms with van der Waals surface area (Å²) in [6.45, 7) is 3.04. The second-order valence-electron chi connectivity index (χ2n) is 4.38. The van der Waals surface area contributed by atoms with E-state index in [1.807, 2.05) is 12.1 Å². The van der Waals surface area contributed by atoms with Gasteiger partial charge in [-0.3, -0.25) is 4.98 Å². The van der Waals surface area contributed by atoms with Crippen molar-refractivity contribution in [2.75, 3.05) is 5.73 Å². The third kappa shape index (κ3) is 2.12. The molecule has 0 aliphatic heterocycles. The number of nitrogens with two attached hydrogens (primary N) is 1. The predicted octanol–water partition coefficient (Wildman–Crippen LogP) is 2.09. The molecule has 1 saturated carbocycles. The second-order valence-corrected chi connectivity index (χ2v) is 4.38. The van der Waals surface area contributed by atoms with E-state index >= 15 is 0 Å². The van der Waals surface area contributed by atoms with Crippen LogP contribution < -0.4 is 11.1 Å². The Balaban J connectivity index is 1.95. The molecule has 0 saturated heterocycles. The number of pyridine rings is 1. The van der Waals surface area contributed by atoms with Gasteiger partial charge in [0.2, 0.25) is 0 Å². The minimum Gasteiger partial charge on any atom is -0.397 e. The van der Waals surface area contributed by atoms with Crippen LogP contribution in [0.15, 0.2) is 18.3 Å². The molecule has 3 nitrogen and oxygen atoms in total. The first-order chi connectivity index (χ1) is 7.26. The first-order valence-electron chi connectivity index (χ1n) is 5.70. The average molecular weight is 205 g/mol. The Kier molecular flexibility index (Phi) is 2.91. The number of hydrogen-bond donors (Lipinski definition) is 2. The third-order valence-corrected chi connectivity index (χ3v) is 3.54. The lowest BCUT2D eigenvalue weighted by atomic mass is 9.75. The fraction of sp³-hybridized carbons (Fsp3) is 0.583. The molecule has 2 rings (SSSR count). The normalized spacial score (nSPS) is 18.5. The first kappa shape index (κ1) is 10.4. The number of anilines is 1. The van der Waals surface area contributed by atoms with Crippen LogP contribution in [0.1, 0.15) is 38.3 Å². The van der Waals surface area contributed by atoms with Gasteiger partial charge < -0.3 is 11.1 Å². The van der Waals surface area contributed by atoms with Gasteiger partial charge in [0.05, 0.1) is 11.4 Å². The third-order valence-electron chi connectivity index (χ3n) is 3.54. The molecule has 3 heteroatoms. The van der Waals surface area contributed by atoms with Crippen LogP contribution in [0.4, 0.5) is 5.69 Å². The maximum Gasteiger partial charge on any atom is 0.0770 e. The van der Waals surface area contributed by atoms with Crippen LogP contribution in [0, 0.1) is 0 Å². The SMILES string of the molecule is CCC1(NCc2ncccc2N)CCC1. The molecule has 0 unspecified atom stereocenters. The summed E-state index contributed by atoms with van der Waals surface area (Å²) >= 11 is 0. The van der Waals surface area contributed by atoms with Crippen molar-refractivity contribution in [3.05, 3.63) is 24.0 Å². The summed E-state index contributed by atoms with van der Waals surface area (Å²) in [6, 6.07) is 3.78. The monoisotopic (exact) mass is 205 g/mol. The molecule has 82 valence electrons. The van der Waals surface area contributed by atoms with Gasteiger partial charge in [0.15, 0.2) is 0 Å². The van der Waals surface area contributed by atoms with Gasteiger partial charge in [0.1, 0.15) is 0 Å². The Bertz CT molecular complexity index is 326. The fourth-order valence-electron chi connectivity index (χ4n) is 2.13. The molecule has 1 aromatic heterocycles. The van der Waals surface area contributed by atoms with Gasteiger partial charge >= 0.3 is 0 Å². The van der Waals surface area contributed by atoms with Crippen LogP contribution in [0.5, 0.6) is 0 Å². The van der Waals surface area contributed by atoms with E-state index in [9.17, 15) is 0 Å². The van der Waals surface area contributed by atoms with E-state index in [1.165, 1.54) is 25.7 Å². The molecule has 1 aliphatic carbocycles. The van der Waals surface area contributed by atoms with E-state index in [4.69, 9.17) is 5.73 Å². The van der Waals surface area contributed by atoms with E-state index in [-0.39, 0.29) is 0 Å². The van der Waals surface area contributed by atoms with Crippen LogP contribution in [0.3, 0.4) is 0 Å². The van der Waals surface area contributed by atoms with Gasteiger partial charge in [-0.05, 0) is 37.8 Å². The van der Waals surface area contributed by atoms with Gasteiger partial charge in [-0.1, -0.05) is 6.92 Å². The van der Waals surface area contributed by atoms with Gasteiger partial charge in [-0.2, -0.15) is 0 Å². The summed E-state index contributed by atoms with van der Waals surface area (Å²) in [5.41, 5.74) is 7.97. The van der Waals surface area contributed by atoms with E-state index in [0.717, 1.165) is 17.9 Å². The highest BCUT2D eigenvalue weighted by Crippen LogP contribution is 2.34. The number of nitrogens with one attached hydrogen (secondary N) is 1. The maximum absolute atomic E-state index is 5.85. The second kappa shape index (κ2) is 4.19. The molecule has 1 heterocycles. The molecule has 0 atom stereocenters. The molecule has 15 heavy (non-hydrogen) atoms. The molecular weight excluding hydrogens is 186 g/mol. The molecule has 0 aromatic carbocycles. The van der Waals surface area contributed by atoms with E-state index in [1.54, 1.807) is 6.20 Å². The zero-order valence-corrected chi connectivity index (χ0v) is 9.29. The van der Waals surface area contributed by atoms with Crippen molar-refractivity contribution in [3.8, 4) is 0 Å². The van der Waals surface area contributed by atoms with Crippen molar-refractivity contribution in [3.63, 3.8) is 0 Å². The largest absolute Gasteiger partial charge is 0.397 e. The summed E-state index contributed by atoms with van der Waals surface area (Å²) in [7, 11) is 0. The minimum atomic E-state index is 0.365. The Morgan fingerprint density at radius 1 is 1.53 bits per heavy atom. The number of aromatic nitrogens is 1. The van der Waals surface area contributed by atoms with Crippen molar-refractivity contribution in [2.24, 2.45) is 0 Å². The fourth-order valence-corrected chi connectivity index (χ4v) is 2.13. The maximum atomic E-state index is 5.85. The molecule has 0 amide bonds. The zero-order chi connectivity index (χ0) is 10.7. The Labute approximate surface area is 91.1 Å². The van der Waals surface area contributed by atoms with E-state index < -0.39 is 0 Å². The topological polar surface area (TPSA) is 50.9 Å². The number of nitrogens with zero attached hydrogens (tertiary/aromatic N) is 1. The van der Waals surface area contributed by atoms with E-state index in [0.29, 0.717) is 5.54 Å². The number of hydrogen-bond acceptors (Lipinski definition) is 3. The van der Waals surface area contributed by atoms with Gasteiger partial charge in [-0.25, -0.2) is 0 Å². The summed E-state index contributed by atoms with van der Waals surface area (Å²) < 4.78 is 0. The summed E-state index contributed by atoms with van der Waals surface area (Å²) in [5.74, 6) is 0. The molecule has 1 aromatic rings. The summed E-state index contributed by atoms with van der Waals surface area (Å²) in [6.07, 6.45) is 6.91. The van der Waals surface area contributed by atoms with Crippen LogP contribution >= 0.6 is 0 Å². The van der Waals surface area contributed by atoms with Crippen LogP contribution in [-0.4, -0.2) is 10.5 Å². The Hall–Kier alpha value is -1.09. The number of nitrogen functional groups attached to an aromatic ring is 1. The zero-order valence-electron chi connectivity index (χ0n) is 9.29. The highest BCUT2D eigenvalue weighted by atomic mass is 15.0. The molecule has 0 bridgehead atoms. The highest BCUT2D eigenvalue weighted by molar-refractivity contribution is 5.41. The smallest absolute Gasteiger partial charge is 0.0770 e. The van der Waals surface area contributed by atoms with Crippen molar-refractivity contribution in [1.82, 2.24) is 10.3 Å². The molecule has 0 radical (unpaired) electrons. The van der Waals surface area contributed by atoms with Crippen LogP contribution in [-0.2, 0) is 6.54 Å². The predicted molar refractivity (Wildman–Crippen MR) is 62.4 cm³/mol. The molecular formula is C12H19N3. The standard InChI is InChI=1S/C12H19N3/c1-2-12(6-4-7-12)15-9-11-10(13)5-3-8-14-11/h3,5,8,15H,2,4,6-7,9,13H2,1H3. The van der Waals surface area contributed by atoms with Crippen LogP contribution in [0.25, 0.3) is 0 Å². The van der Waals surface area contributed by atoms with Gasteiger partial charge in [0, 0.05) is 18.3 Å². The van der Waals surface area contributed by atoms with Crippen molar-refractivity contribution < 1.29 is 0 Å². The quantitative estimate of drug-likeness (QED) is 0.791. The van der Waals surface area contributed by atoms with Crippen molar-refractivity contribution in [2.45, 2.75) is 44.7 Å². The summed E-state index contributed by atoms with van der Waals surface area (Å²) in [5, 5.41) is 3.60. The van der Waals surface area contributed by atoms with Gasteiger partial charge in [0.25, 0.3) is 0 Å². The first-order valence-corrected chi connectivity index (χ1v) is 5.70. The molecule has 1 aliphatic rings. The highest BCUT2D eigenvalue weighted by Gasteiger charge is 2.34. The molecule has 1 fully saturated rings. The van der Waals surface area contributed by atoms with Crippen LogP contribution in [0.2, 0.25) is 0 Å². The van der Waals surface area contributed by atoms with Crippen molar-refractivity contribution >= 4 is 5.69 Å². The Morgan fingerprint density at radius 2 is 2.33 bits per heavy atom. The molecule has 3 N–H and O–H groups in total. The van der Waals surface area contributed by atoms with E-state index in [2.05, 4.69) is 17.2 Å². The van der Waals surface area contributed by atoms with Gasteiger partial charge in [-0.15, -0.1) is 0 Å². The number of rotatable bonds is 4. The lowest BCUT2D eigenvalue weighted by Crippen LogP contribution is -2.50. The summed E-state index contributed by atoms with van der Waals surface area (Å²) in [4.78, 5) is 4.29. The minimum absolute atomic E-state index is 0.365. The lowest BCUT2D eigenvalue weighted by Gasteiger charge is -2.42. The van der Waals surface area contributed by atoms with Crippen molar-refractivity contribution in [1.29, 1.82) is 0 Å². The Morgan fingerprint density at radius 3 is 2.87 bits per heavy atom. The average Bonchev–Trinajstić information content (AvgIpc) is 2.19. The molecule has 0 spiro atoms.